The van der Waals surface area contributed by atoms with Crippen LogP contribution in [0.4, 0.5) is 20.3 Å². The van der Waals surface area contributed by atoms with E-state index in [0.29, 0.717) is 49.7 Å². The molecule has 0 radical (unpaired) electrons. The lowest BCUT2D eigenvalue weighted by molar-refractivity contribution is -0.121. The number of carbonyl (C=O) groups is 2. The summed E-state index contributed by atoms with van der Waals surface area (Å²) in [4.78, 5) is 37.7. The fourth-order valence-corrected chi connectivity index (χ4v) is 5.12. The van der Waals surface area contributed by atoms with E-state index in [1.807, 2.05) is 13.1 Å². The zero-order chi connectivity index (χ0) is 24.7. The number of benzene rings is 1. The van der Waals surface area contributed by atoms with Gasteiger partial charge in [0, 0.05) is 50.5 Å². The lowest BCUT2D eigenvalue weighted by atomic mass is 9.78. The van der Waals surface area contributed by atoms with Gasteiger partial charge in [-0.25, -0.2) is 23.4 Å². The molecule has 182 valence electrons. The van der Waals surface area contributed by atoms with Crippen molar-refractivity contribution in [3.8, 4) is 5.82 Å². The summed E-state index contributed by atoms with van der Waals surface area (Å²) in [6.07, 6.45) is 6.72. The number of hydrogen-bond donors (Lipinski definition) is 0. The average Bonchev–Trinajstić information content (AvgIpc) is 3.28. The van der Waals surface area contributed by atoms with Gasteiger partial charge in [-0.3, -0.25) is 9.59 Å². The summed E-state index contributed by atoms with van der Waals surface area (Å²) in [7, 11) is 0. The third-order valence-electron chi connectivity index (χ3n) is 6.90. The molecule has 10 heteroatoms. The van der Waals surface area contributed by atoms with Crippen molar-refractivity contribution >= 4 is 23.2 Å². The normalized spacial score (nSPS) is 17.8. The van der Waals surface area contributed by atoms with Crippen molar-refractivity contribution < 1.29 is 18.4 Å². The maximum atomic E-state index is 14.0. The average molecular weight is 481 g/mol. The van der Waals surface area contributed by atoms with E-state index in [2.05, 4.69) is 20.0 Å². The first-order valence-electron chi connectivity index (χ1n) is 11.7. The number of Topliss-reactive ketones (excluding diaryl/α,β-unsaturated/α-hetero) is 1. The van der Waals surface area contributed by atoms with Gasteiger partial charge in [-0.1, -0.05) is 0 Å². The Morgan fingerprint density at radius 2 is 1.77 bits per heavy atom. The van der Waals surface area contributed by atoms with Gasteiger partial charge in [0.05, 0.1) is 11.7 Å². The minimum Gasteiger partial charge on any atom is -0.356 e. The van der Waals surface area contributed by atoms with Crippen molar-refractivity contribution in [3.05, 3.63) is 59.7 Å². The fraction of sp³-hybridized carbons (Fsp3) is 0.400. The number of halogens is 2. The van der Waals surface area contributed by atoms with Gasteiger partial charge in [-0.2, -0.15) is 5.10 Å². The van der Waals surface area contributed by atoms with Crippen LogP contribution in [0.1, 0.15) is 55.2 Å². The molecule has 0 saturated carbocycles. The van der Waals surface area contributed by atoms with E-state index in [-0.39, 0.29) is 17.5 Å². The largest absolute Gasteiger partial charge is 0.356 e. The zero-order valence-corrected chi connectivity index (χ0v) is 19.7. The fourth-order valence-electron chi connectivity index (χ4n) is 5.12. The van der Waals surface area contributed by atoms with Crippen LogP contribution in [-0.4, -0.2) is 50.1 Å². The highest BCUT2D eigenvalue weighted by molar-refractivity contribution is 5.95. The lowest BCUT2D eigenvalue weighted by Gasteiger charge is -2.51. The molecule has 8 nitrogen and oxygen atoms in total. The molecule has 2 saturated heterocycles. The molecular formula is C25H26F2N6O2. The van der Waals surface area contributed by atoms with Crippen LogP contribution >= 0.6 is 0 Å². The predicted octanol–water partition coefficient (Wildman–Crippen LogP) is 4.01. The van der Waals surface area contributed by atoms with Crippen LogP contribution in [0.3, 0.4) is 0 Å². The van der Waals surface area contributed by atoms with Crippen molar-refractivity contribution in [2.24, 2.45) is 0 Å². The molecule has 2 aliphatic heterocycles. The van der Waals surface area contributed by atoms with Crippen LogP contribution in [0.15, 0.2) is 36.7 Å². The number of aromatic nitrogens is 4. The number of hydrogen-bond acceptors (Lipinski definition) is 6. The van der Waals surface area contributed by atoms with E-state index in [9.17, 15) is 18.4 Å². The topological polar surface area (TPSA) is 84.2 Å². The van der Waals surface area contributed by atoms with Crippen LogP contribution in [0.5, 0.6) is 0 Å². The molecule has 0 atom stereocenters. The van der Waals surface area contributed by atoms with Gasteiger partial charge < -0.3 is 9.80 Å². The maximum Gasteiger partial charge on any atom is 0.227 e. The van der Waals surface area contributed by atoms with Gasteiger partial charge in [-0.05, 0) is 50.3 Å². The zero-order valence-electron chi connectivity index (χ0n) is 19.7. The van der Waals surface area contributed by atoms with Gasteiger partial charge in [0.1, 0.15) is 5.82 Å². The molecule has 35 heavy (non-hydrogen) atoms. The Bertz CT molecular complexity index is 1300. The predicted molar refractivity (Wildman–Crippen MR) is 126 cm³/mol. The molecule has 0 aliphatic carbocycles. The first-order valence-corrected chi connectivity index (χ1v) is 11.7. The third kappa shape index (κ3) is 4.28. The molecule has 4 heterocycles. The van der Waals surface area contributed by atoms with Crippen molar-refractivity contribution in [1.82, 2.24) is 19.7 Å². The summed E-state index contributed by atoms with van der Waals surface area (Å²) in [6.45, 7) is 4.51. The van der Waals surface area contributed by atoms with Crippen molar-refractivity contribution in [2.75, 3.05) is 22.9 Å². The molecule has 1 amide bonds. The lowest BCUT2D eigenvalue weighted by Crippen LogP contribution is -2.60. The summed E-state index contributed by atoms with van der Waals surface area (Å²) >= 11 is 0. The second-order valence-corrected chi connectivity index (χ2v) is 9.32. The highest BCUT2D eigenvalue weighted by Gasteiger charge is 2.45. The van der Waals surface area contributed by atoms with Gasteiger partial charge >= 0.3 is 0 Å². The van der Waals surface area contributed by atoms with Gasteiger partial charge in [0.2, 0.25) is 5.91 Å². The summed E-state index contributed by atoms with van der Waals surface area (Å²) in [5.41, 5.74) is 0.877. The summed E-state index contributed by atoms with van der Waals surface area (Å²) in [5.74, 6) is -0.986. The molecule has 5 rings (SSSR count). The highest BCUT2D eigenvalue weighted by Crippen LogP contribution is 2.42. The molecule has 0 bridgehead atoms. The smallest absolute Gasteiger partial charge is 0.227 e. The number of aryl methyl sites for hydroxylation is 1. The number of amides is 1. The minimum absolute atomic E-state index is 0.0760. The Kier molecular flexibility index (Phi) is 5.82. The molecule has 2 aliphatic rings. The quantitative estimate of drug-likeness (QED) is 0.525. The third-order valence-corrected chi connectivity index (χ3v) is 6.90. The maximum absolute atomic E-state index is 14.0. The van der Waals surface area contributed by atoms with Crippen molar-refractivity contribution in [2.45, 2.75) is 51.5 Å². The summed E-state index contributed by atoms with van der Waals surface area (Å²) in [5, 5.41) is 4.30. The van der Waals surface area contributed by atoms with Gasteiger partial charge in [0.15, 0.2) is 29.1 Å². The molecule has 3 aromatic rings. The second-order valence-electron chi connectivity index (χ2n) is 9.32. The van der Waals surface area contributed by atoms with E-state index in [1.54, 1.807) is 21.8 Å². The van der Waals surface area contributed by atoms with E-state index < -0.39 is 17.2 Å². The standard InChI is InChI=1S/C25H26F2N6O2/c1-16-14-28-32(15-16)22-13-21(29-24(30-22)17(2)34)31-10-8-25(9-11-31)7-3-4-23(35)33(25)18-5-6-19(26)20(27)12-18/h5-6,12-15H,3-4,7-11H2,1-2H3. The molecular weight excluding hydrogens is 454 g/mol. The Balaban J connectivity index is 1.44. The van der Waals surface area contributed by atoms with Crippen molar-refractivity contribution in [3.63, 3.8) is 0 Å². The van der Waals surface area contributed by atoms with Crippen LogP contribution in [-0.2, 0) is 4.79 Å². The molecule has 2 aromatic heterocycles. The number of piperidine rings is 2. The summed E-state index contributed by atoms with van der Waals surface area (Å²) < 4.78 is 29.2. The van der Waals surface area contributed by atoms with Crippen LogP contribution in [0.2, 0.25) is 0 Å². The van der Waals surface area contributed by atoms with E-state index >= 15 is 0 Å². The Morgan fingerprint density at radius 3 is 2.43 bits per heavy atom. The Morgan fingerprint density at radius 1 is 1.03 bits per heavy atom. The molecule has 1 spiro atoms. The first-order chi connectivity index (χ1) is 16.8. The van der Waals surface area contributed by atoms with Crippen LogP contribution in [0.25, 0.3) is 5.82 Å². The Labute approximate surface area is 201 Å². The highest BCUT2D eigenvalue weighted by atomic mass is 19.2. The SMILES string of the molecule is CC(=O)c1nc(N2CCC3(CCCC(=O)N3c3ccc(F)c(F)c3)CC2)cc(-n2cc(C)cn2)n1. The molecule has 0 unspecified atom stereocenters. The Hall–Kier alpha value is -3.69. The minimum atomic E-state index is -0.965. The second kappa shape index (κ2) is 8.83. The van der Waals surface area contributed by atoms with Gasteiger partial charge in [-0.15, -0.1) is 0 Å². The number of nitrogens with zero attached hydrogens (tertiary/aromatic N) is 6. The van der Waals surface area contributed by atoms with Crippen molar-refractivity contribution in [1.29, 1.82) is 0 Å². The number of anilines is 2. The monoisotopic (exact) mass is 480 g/mol. The van der Waals surface area contributed by atoms with Crippen LogP contribution in [0, 0.1) is 18.6 Å². The summed E-state index contributed by atoms with van der Waals surface area (Å²) in [6, 6.07) is 5.44. The number of ketones is 1. The molecule has 2 fully saturated rings. The first kappa shape index (κ1) is 23.1. The van der Waals surface area contributed by atoms with Gasteiger partial charge in [0.25, 0.3) is 0 Å². The van der Waals surface area contributed by atoms with E-state index in [1.165, 1.54) is 13.0 Å². The van der Waals surface area contributed by atoms with E-state index in [4.69, 9.17) is 0 Å². The van der Waals surface area contributed by atoms with E-state index in [0.717, 1.165) is 30.5 Å². The molecule has 1 aromatic carbocycles. The number of carbonyl (C=O) groups excluding carboxylic acids is 2. The number of rotatable bonds is 4. The molecule has 0 N–H and O–H groups in total. The van der Waals surface area contributed by atoms with Crippen LogP contribution < -0.4 is 9.80 Å².